The Morgan fingerprint density at radius 2 is 2.16 bits per heavy atom. The topological polar surface area (TPSA) is 125 Å². The molecule has 9 heteroatoms. The predicted octanol–water partition coefficient (Wildman–Crippen LogP) is -2.51. The summed E-state index contributed by atoms with van der Waals surface area (Å²) in [5.41, 5.74) is -4.13. The molecular weight excluding hydrogens is 263 g/mol. The zero-order chi connectivity index (χ0) is 14.2. The van der Waals surface area contributed by atoms with Gasteiger partial charge in [-0.15, -0.1) is 0 Å². The summed E-state index contributed by atoms with van der Waals surface area (Å²) in [6, 6.07) is 1.00. The van der Waals surface area contributed by atoms with Crippen molar-refractivity contribution in [3.63, 3.8) is 0 Å². The number of nitrogens with zero attached hydrogens (tertiary/aromatic N) is 1. The summed E-state index contributed by atoms with van der Waals surface area (Å²) in [4.78, 5) is 24.4. The molecule has 1 aliphatic heterocycles. The molecule has 2 rings (SSSR count). The molecule has 19 heavy (non-hydrogen) atoms. The van der Waals surface area contributed by atoms with Gasteiger partial charge in [-0.2, -0.15) is 0 Å². The van der Waals surface area contributed by atoms with Gasteiger partial charge in [0.05, 0.1) is 13.2 Å². The van der Waals surface area contributed by atoms with E-state index in [4.69, 9.17) is 14.9 Å². The van der Waals surface area contributed by atoms with E-state index < -0.39 is 48.6 Å². The van der Waals surface area contributed by atoms with Crippen molar-refractivity contribution < 1.29 is 24.4 Å². The average molecular weight is 276 g/mol. The molecule has 0 saturated carbocycles. The van der Waals surface area contributed by atoms with Gasteiger partial charge in [-0.25, -0.2) is 9.18 Å². The van der Waals surface area contributed by atoms with Crippen LogP contribution < -0.4 is 11.2 Å². The SMILES string of the molecule is O=c1ccn(C2OC(CO)C(F)(CO)C2O)c(=O)[nH]1. The van der Waals surface area contributed by atoms with Crippen molar-refractivity contribution in [1.29, 1.82) is 0 Å². The van der Waals surface area contributed by atoms with Gasteiger partial charge in [0.2, 0.25) is 0 Å². The van der Waals surface area contributed by atoms with E-state index >= 15 is 0 Å². The molecule has 1 saturated heterocycles. The Kier molecular flexibility index (Phi) is 3.54. The van der Waals surface area contributed by atoms with E-state index in [1.807, 2.05) is 4.98 Å². The number of halogens is 1. The first kappa shape index (κ1) is 13.9. The molecule has 2 heterocycles. The van der Waals surface area contributed by atoms with Crippen LogP contribution in [0, 0.1) is 0 Å². The lowest BCUT2D eigenvalue weighted by atomic mass is 9.95. The summed E-state index contributed by atoms with van der Waals surface area (Å²) < 4.78 is 20.1. The Morgan fingerprint density at radius 3 is 2.63 bits per heavy atom. The van der Waals surface area contributed by atoms with Gasteiger partial charge in [0.25, 0.3) is 5.56 Å². The highest BCUT2D eigenvalue weighted by Gasteiger charge is 2.57. The van der Waals surface area contributed by atoms with Crippen molar-refractivity contribution in [2.45, 2.75) is 24.1 Å². The minimum Gasteiger partial charge on any atom is -0.394 e. The van der Waals surface area contributed by atoms with E-state index in [2.05, 4.69) is 0 Å². The second-order valence-corrected chi connectivity index (χ2v) is 4.24. The number of alkyl halides is 1. The molecule has 1 fully saturated rings. The Morgan fingerprint density at radius 1 is 1.47 bits per heavy atom. The molecule has 0 radical (unpaired) electrons. The van der Waals surface area contributed by atoms with Crippen LogP contribution in [0.15, 0.2) is 21.9 Å². The number of nitrogens with one attached hydrogen (secondary N) is 1. The first-order valence-corrected chi connectivity index (χ1v) is 5.49. The molecule has 4 atom stereocenters. The van der Waals surface area contributed by atoms with Crippen LogP contribution in [0.25, 0.3) is 0 Å². The van der Waals surface area contributed by atoms with E-state index in [0.717, 1.165) is 16.8 Å². The van der Waals surface area contributed by atoms with Crippen LogP contribution in [-0.2, 0) is 4.74 Å². The zero-order valence-corrected chi connectivity index (χ0v) is 9.69. The van der Waals surface area contributed by atoms with Gasteiger partial charge in [-0.3, -0.25) is 14.3 Å². The quantitative estimate of drug-likeness (QED) is 0.483. The van der Waals surface area contributed by atoms with Crippen molar-refractivity contribution >= 4 is 0 Å². The molecule has 4 unspecified atom stereocenters. The van der Waals surface area contributed by atoms with Crippen LogP contribution in [0.5, 0.6) is 0 Å². The molecule has 0 amide bonds. The first-order chi connectivity index (χ1) is 8.93. The normalized spacial score (nSPS) is 34.6. The third kappa shape index (κ3) is 2.10. The van der Waals surface area contributed by atoms with Gasteiger partial charge < -0.3 is 20.1 Å². The summed E-state index contributed by atoms with van der Waals surface area (Å²) in [6.07, 6.45) is -3.75. The minimum absolute atomic E-state index is 0.652. The van der Waals surface area contributed by atoms with Crippen molar-refractivity contribution in [3.05, 3.63) is 33.1 Å². The number of rotatable bonds is 3. The highest BCUT2D eigenvalue weighted by molar-refractivity contribution is 5.03. The maximum atomic E-state index is 14.3. The van der Waals surface area contributed by atoms with Gasteiger partial charge >= 0.3 is 5.69 Å². The van der Waals surface area contributed by atoms with Crippen LogP contribution in [0.2, 0.25) is 0 Å². The third-order valence-electron chi connectivity index (χ3n) is 3.13. The number of aromatic amines is 1. The average Bonchev–Trinajstić information content (AvgIpc) is 2.63. The molecule has 106 valence electrons. The number of aliphatic hydroxyl groups excluding tert-OH is 3. The maximum Gasteiger partial charge on any atom is 0.330 e. The molecule has 0 spiro atoms. The largest absolute Gasteiger partial charge is 0.394 e. The fourth-order valence-corrected chi connectivity index (χ4v) is 2.02. The van der Waals surface area contributed by atoms with E-state index in [0.29, 0.717) is 0 Å². The highest BCUT2D eigenvalue weighted by Crippen LogP contribution is 2.38. The molecule has 0 aromatic carbocycles. The fraction of sp³-hybridized carbons (Fsp3) is 0.600. The molecule has 1 aromatic rings. The van der Waals surface area contributed by atoms with Crippen molar-refractivity contribution in [3.8, 4) is 0 Å². The standard InChI is InChI=1S/C10H13FN2O6/c11-10(4-15)5(3-14)19-8(7(10)17)13-2-1-6(16)12-9(13)18/h1-2,5,7-8,14-15,17H,3-4H2,(H,12,16,18). The van der Waals surface area contributed by atoms with Crippen LogP contribution in [-0.4, -0.2) is 56.0 Å². The third-order valence-corrected chi connectivity index (χ3v) is 3.13. The molecule has 8 nitrogen and oxygen atoms in total. The Balaban J connectivity index is 2.42. The lowest BCUT2D eigenvalue weighted by molar-refractivity contribution is -0.0688. The summed E-state index contributed by atoms with van der Waals surface area (Å²) >= 11 is 0. The maximum absolute atomic E-state index is 14.3. The van der Waals surface area contributed by atoms with Gasteiger partial charge in [0.15, 0.2) is 11.9 Å². The molecule has 1 aliphatic rings. The highest BCUT2D eigenvalue weighted by atomic mass is 19.1. The van der Waals surface area contributed by atoms with Gasteiger partial charge in [-0.05, 0) is 0 Å². The molecular formula is C10H13FN2O6. The van der Waals surface area contributed by atoms with Crippen molar-refractivity contribution in [2.75, 3.05) is 13.2 Å². The summed E-state index contributed by atoms with van der Waals surface area (Å²) in [6.45, 7) is -1.85. The Hall–Kier alpha value is -1.55. The number of aromatic nitrogens is 2. The van der Waals surface area contributed by atoms with E-state index in [-0.39, 0.29) is 0 Å². The molecule has 4 N–H and O–H groups in total. The second-order valence-electron chi connectivity index (χ2n) is 4.24. The van der Waals surface area contributed by atoms with E-state index in [1.165, 1.54) is 0 Å². The van der Waals surface area contributed by atoms with E-state index in [9.17, 15) is 19.1 Å². The number of H-pyrrole nitrogens is 1. The monoisotopic (exact) mass is 276 g/mol. The van der Waals surface area contributed by atoms with Gasteiger partial charge in [-0.1, -0.05) is 0 Å². The lowest BCUT2D eigenvalue weighted by Gasteiger charge is -2.24. The second kappa shape index (κ2) is 4.85. The van der Waals surface area contributed by atoms with Crippen LogP contribution in [0.3, 0.4) is 0 Å². The smallest absolute Gasteiger partial charge is 0.330 e. The molecule has 0 aliphatic carbocycles. The molecule has 1 aromatic heterocycles. The zero-order valence-electron chi connectivity index (χ0n) is 9.69. The lowest BCUT2D eigenvalue weighted by Crippen LogP contribution is -2.48. The Labute approximate surface area is 105 Å². The number of ether oxygens (including phenoxy) is 1. The summed E-state index contributed by atoms with van der Waals surface area (Å²) in [5, 5.41) is 27.8. The van der Waals surface area contributed by atoms with Crippen LogP contribution >= 0.6 is 0 Å². The summed E-state index contributed by atoms with van der Waals surface area (Å²) in [7, 11) is 0. The molecule has 0 bridgehead atoms. The van der Waals surface area contributed by atoms with Crippen LogP contribution in [0.4, 0.5) is 4.39 Å². The Bertz CT molecular complexity index is 572. The number of aliphatic hydroxyl groups is 3. The fourth-order valence-electron chi connectivity index (χ4n) is 2.02. The van der Waals surface area contributed by atoms with Crippen molar-refractivity contribution in [2.24, 2.45) is 0 Å². The minimum atomic E-state index is -2.59. The van der Waals surface area contributed by atoms with Crippen molar-refractivity contribution in [1.82, 2.24) is 9.55 Å². The van der Waals surface area contributed by atoms with E-state index in [1.54, 1.807) is 0 Å². The first-order valence-electron chi connectivity index (χ1n) is 5.49. The number of hydrogen-bond acceptors (Lipinski definition) is 6. The predicted molar refractivity (Wildman–Crippen MR) is 59.3 cm³/mol. The number of hydrogen-bond donors (Lipinski definition) is 4. The van der Waals surface area contributed by atoms with Crippen LogP contribution in [0.1, 0.15) is 6.23 Å². The van der Waals surface area contributed by atoms with Gasteiger partial charge in [0, 0.05) is 12.3 Å². The van der Waals surface area contributed by atoms with Gasteiger partial charge in [0.1, 0.15) is 12.2 Å². The summed E-state index contributed by atoms with van der Waals surface area (Å²) in [5.74, 6) is 0.